The molecular weight excluding hydrogens is 318 g/mol. The van der Waals surface area contributed by atoms with Gasteiger partial charge in [0.1, 0.15) is 6.04 Å². The molecule has 134 valence electrons. The third kappa shape index (κ3) is 4.99. The summed E-state index contributed by atoms with van der Waals surface area (Å²) in [6.45, 7) is 5.21. The van der Waals surface area contributed by atoms with Crippen molar-refractivity contribution in [2.24, 2.45) is 5.92 Å². The number of carbonyl (C=O) groups is 2. The highest BCUT2D eigenvalue weighted by Crippen LogP contribution is 2.21. The van der Waals surface area contributed by atoms with E-state index in [-0.39, 0.29) is 18.4 Å². The molecule has 1 rings (SSSR count). The fraction of sp³-hybridized carbons (Fsp3) is 0.529. The molecule has 3 atom stereocenters. The summed E-state index contributed by atoms with van der Waals surface area (Å²) >= 11 is 0. The molecule has 0 saturated carbocycles. The lowest BCUT2D eigenvalue weighted by atomic mass is 9.99. The molecule has 0 saturated heterocycles. The Morgan fingerprint density at radius 1 is 1.25 bits per heavy atom. The minimum Gasteiger partial charge on any atom is -0.480 e. The highest BCUT2D eigenvalue weighted by atomic mass is 19.2. The minimum absolute atomic E-state index is 0.121. The molecule has 0 fully saturated rings. The largest absolute Gasteiger partial charge is 0.480 e. The first-order valence-electron chi connectivity index (χ1n) is 7.85. The van der Waals surface area contributed by atoms with E-state index in [4.69, 9.17) is 0 Å². The second kappa shape index (κ2) is 8.73. The molecule has 0 aliphatic heterocycles. The molecular formula is C17H24F2N2O3. The lowest BCUT2D eigenvalue weighted by Gasteiger charge is -2.27. The molecule has 1 amide bonds. The summed E-state index contributed by atoms with van der Waals surface area (Å²) in [6, 6.07) is 2.20. The smallest absolute Gasteiger partial charge is 0.320 e. The van der Waals surface area contributed by atoms with Gasteiger partial charge in [0.25, 0.3) is 0 Å². The number of nitrogens with one attached hydrogen (secondary N) is 1. The number of carboxylic acid groups (broad SMARTS) is 1. The van der Waals surface area contributed by atoms with E-state index in [1.807, 2.05) is 6.92 Å². The van der Waals surface area contributed by atoms with Gasteiger partial charge in [0.05, 0.1) is 12.6 Å². The van der Waals surface area contributed by atoms with Crippen LogP contribution in [0.3, 0.4) is 0 Å². The molecule has 0 spiro atoms. The van der Waals surface area contributed by atoms with Crippen molar-refractivity contribution in [3.05, 3.63) is 35.4 Å². The standard InChI is InChI=1S/C17H24F2N2O3/c1-5-10(2)16(17(23)24)20-9-15(22)21(4)11(3)12-6-7-13(18)14(19)8-12/h6-8,10-11,16,20H,5,9H2,1-4H3,(H,23,24)/t10-,11?,16-/m0/s1. The maximum absolute atomic E-state index is 13.3. The van der Waals surface area contributed by atoms with E-state index < -0.39 is 29.7 Å². The van der Waals surface area contributed by atoms with Crippen molar-refractivity contribution in [2.45, 2.75) is 39.3 Å². The Morgan fingerprint density at radius 3 is 2.38 bits per heavy atom. The van der Waals surface area contributed by atoms with Crippen LogP contribution in [0.5, 0.6) is 0 Å². The van der Waals surface area contributed by atoms with E-state index in [1.54, 1.807) is 13.8 Å². The summed E-state index contributed by atoms with van der Waals surface area (Å²) in [5, 5.41) is 12.0. The van der Waals surface area contributed by atoms with Crippen molar-refractivity contribution >= 4 is 11.9 Å². The van der Waals surface area contributed by atoms with Gasteiger partial charge in [0, 0.05) is 7.05 Å². The molecule has 1 unspecified atom stereocenters. The van der Waals surface area contributed by atoms with Gasteiger partial charge >= 0.3 is 5.97 Å². The summed E-state index contributed by atoms with van der Waals surface area (Å²) < 4.78 is 26.3. The molecule has 0 bridgehead atoms. The van der Waals surface area contributed by atoms with E-state index in [9.17, 15) is 23.5 Å². The first-order valence-corrected chi connectivity index (χ1v) is 7.85. The van der Waals surface area contributed by atoms with Crippen LogP contribution in [0.2, 0.25) is 0 Å². The number of rotatable bonds is 8. The van der Waals surface area contributed by atoms with Gasteiger partial charge in [-0.05, 0) is 30.5 Å². The molecule has 24 heavy (non-hydrogen) atoms. The SMILES string of the molecule is CC[C@H](C)[C@H](NCC(=O)N(C)C(C)c1ccc(F)c(F)c1)C(=O)O. The van der Waals surface area contributed by atoms with Gasteiger partial charge in [-0.25, -0.2) is 8.78 Å². The minimum atomic E-state index is -1.01. The molecule has 0 aliphatic carbocycles. The van der Waals surface area contributed by atoms with Crippen molar-refractivity contribution < 1.29 is 23.5 Å². The van der Waals surface area contributed by atoms with E-state index in [0.29, 0.717) is 12.0 Å². The van der Waals surface area contributed by atoms with Crippen LogP contribution in [-0.2, 0) is 9.59 Å². The molecule has 1 aromatic rings. The molecule has 2 N–H and O–H groups in total. The monoisotopic (exact) mass is 342 g/mol. The topological polar surface area (TPSA) is 69.6 Å². The lowest BCUT2D eigenvalue weighted by Crippen LogP contribution is -2.47. The number of hydrogen-bond acceptors (Lipinski definition) is 3. The van der Waals surface area contributed by atoms with Crippen LogP contribution >= 0.6 is 0 Å². The first-order chi connectivity index (χ1) is 11.2. The fourth-order valence-corrected chi connectivity index (χ4v) is 2.30. The highest BCUT2D eigenvalue weighted by Gasteiger charge is 2.25. The average Bonchev–Trinajstić information content (AvgIpc) is 2.55. The molecule has 0 heterocycles. The quantitative estimate of drug-likeness (QED) is 0.762. The molecule has 0 aliphatic rings. The average molecular weight is 342 g/mol. The van der Waals surface area contributed by atoms with Crippen molar-refractivity contribution in [2.75, 3.05) is 13.6 Å². The molecule has 0 aromatic heterocycles. The third-order valence-corrected chi connectivity index (χ3v) is 4.35. The number of hydrogen-bond donors (Lipinski definition) is 2. The van der Waals surface area contributed by atoms with E-state index >= 15 is 0 Å². The van der Waals surface area contributed by atoms with E-state index in [1.165, 1.54) is 18.0 Å². The molecule has 7 heteroatoms. The Hall–Kier alpha value is -2.02. The Kier molecular flexibility index (Phi) is 7.28. The number of aliphatic carboxylic acids is 1. The number of halogens is 2. The van der Waals surface area contributed by atoms with Crippen molar-refractivity contribution in [3.8, 4) is 0 Å². The Labute approximate surface area is 140 Å². The van der Waals surface area contributed by atoms with E-state index in [2.05, 4.69) is 5.32 Å². The number of benzene rings is 1. The van der Waals surface area contributed by atoms with Crippen LogP contribution in [0, 0.1) is 17.6 Å². The number of nitrogens with zero attached hydrogens (tertiary/aromatic N) is 1. The number of carboxylic acids is 1. The van der Waals surface area contributed by atoms with Gasteiger partial charge in [-0.15, -0.1) is 0 Å². The van der Waals surface area contributed by atoms with Gasteiger partial charge in [-0.3, -0.25) is 14.9 Å². The first kappa shape index (κ1) is 20.0. The van der Waals surface area contributed by atoms with Crippen LogP contribution in [0.15, 0.2) is 18.2 Å². The summed E-state index contributed by atoms with van der Waals surface area (Å²) in [5.74, 6) is -3.38. The van der Waals surface area contributed by atoms with Crippen LogP contribution in [0.25, 0.3) is 0 Å². The van der Waals surface area contributed by atoms with Crippen LogP contribution < -0.4 is 5.32 Å². The second-order valence-electron chi connectivity index (χ2n) is 5.94. The summed E-state index contributed by atoms with van der Waals surface area (Å²) in [4.78, 5) is 24.9. The Bertz CT molecular complexity index is 595. The van der Waals surface area contributed by atoms with Crippen molar-refractivity contribution in [1.29, 1.82) is 0 Å². The molecule has 5 nitrogen and oxygen atoms in total. The number of likely N-dealkylation sites (N-methyl/N-ethyl adjacent to an activating group) is 1. The molecule has 0 radical (unpaired) electrons. The maximum atomic E-state index is 13.3. The zero-order valence-corrected chi connectivity index (χ0v) is 14.3. The zero-order valence-electron chi connectivity index (χ0n) is 14.3. The normalized spacial score (nSPS) is 14.8. The zero-order chi connectivity index (χ0) is 18.4. The van der Waals surface area contributed by atoms with Gasteiger partial charge in [0.15, 0.2) is 11.6 Å². The van der Waals surface area contributed by atoms with Gasteiger partial charge < -0.3 is 10.0 Å². The van der Waals surface area contributed by atoms with Crippen LogP contribution in [0.1, 0.15) is 38.8 Å². The van der Waals surface area contributed by atoms with Gasteiger partial charge in [-0.2, -0.15) is 0 Å². The van der Waals surface area contributed by atoms with Crippen molar-refractivity contribution in [1.82, 2.24) is 10.2 Å². The summed E-state index contributed by atoms with van der Waals surface area (Å²) in [6.07, 6.45) is 0.666. The summed E-state index contributed by atoms with van der Waals surface area (Å²) in [7, 11) is 1.54. The van der Waals surface area contributed by atoms with Crippen molar-refractivity contribution in [3.63, 3.8) is 0 Å². The number of carbonyl (C=O) groups excluding carboxylic acids is 1. The molecule has 1 aromatic carbocycles. The van der Waals surface area contributed by atoms with Gasteiger partial charge in [-0.1, -0.05) is 26.3 Å². The third-order valence-electron chi connectivity index (χ3n) is 4.35. The summed E-state index contributed by atoms with van der Waals surface area (Å²) in [5.41, 5.74) is 0.460. The highest BCUT2D eigenvalue weighted by molar-refractivity contribution is 5.80. The lowest BCUT2D eigenvalue weighted by molar-refractivity contribution is -0.141. The maximum Gasteiger partial charge on any atom is 0.320 e. The van der Waals surface area contributed by atoms with E-state index in [0.717, 1.165) is 12.1 Å². The Balaban J connectivity index is 2.72. The predicted octanol–water partition coefficient (Wildman–Crippen LogP) is 2.57. The van der Waals surface area contributed by atoms with Crippen LogP contribution in [-0.4, -0.2) is 41.5 Å². The Morgan fingerprint density at radius 2 is 1.88 bits per heavy atom. The van der Waals surface area contributed by atoms with Crippen LogP contribution in [0.4, 0.5) is 8.78 Å². The second-order valence-corrected chi connectivity index (χ2v) is 5.94. The number of amides is 1. The predicted molar refractivity (Wildman–Crippen MR) is 86.4 cm³/mol. The van der Waals surface area contributed by atoms with Gasteiger partial charge in [0.2, 0.25) is 5.91 Å². The fourth-order valence-electron chi connectivity index (χ4n) is 2.30.